The number of benzene rings is 2. The highest BCUT2D eigenvalue weighted by Crippen LogP contribution is 2.24. The number of carbonyl (C=O) groups excluding carboxylic acids is 2. The quantitative estimate of drug-likeness (QED) is 0.538. The Kier molecular flexibility index (Phi) is 8.62. The van der Waals surface area contributed by atoms with Gasteiger partial charge in [0.2, 0.25) is 10.0 Å². The molecule has 9 nitrogen and oxygen atoms in total. The van der Waals surface area contributed by atoms with E-state index in [1.54, 1.807) is 39.0 Å². The molecule has 0 aromatic heterocycles. The Morgan fingerprint density at radius 2 is 1.56 bits per heavy atom. The summed E-state index contributed by atoms with van der Waals surface area (Å²) in [7, 11) is -0.788. The van der Waals surface area contributed by atoms with Crippen molar-refractivity contribution in [2.24, 2.45) is 0 Å². The van der Waals surface area contributed by atoms with Crippen molar-refractivity contribution in [3.63, 3.8) is 0 Å². The van der Waals surface area contributed by atoms with E-state index < -0.39 is 28.5 Å². The molecule has 0 aliphatic carbocycles. The first-order chi connectivity index (χ1) is 15.2. The molecule has 0 heterocycles. The van der Waals surface area contributed by atoms with Gasteiger partial charge in [0.15, 0.2) is 6.61 Å². The summed E-state index contributed by atoms with van der Waals surface area (Å²) in [5.41, 5.74) is 1.01. The Labute approximate surface area is 188 Å². The molecule has 0 spiro atoms. The summed E-state index contributed by atoms with van der Waals surface area (Å²) in [6.45, 7) is 5.32. The maximum atomic E-state index is 12.9. The van der Waals surface area contributed by atoms with E-state index in [2.05, 4.69) is 5.32 Å². The van der Waals surface area contributed by atoms with Crippen molar-refractivity contribution < 1.29 is 32.2 Å². The lowest BCUT2D eigenvalue weighted by Crippen LogP contribution is -2.31. The third kappa shape index (κ3) is 5.98. The van der Waals surface area contributed by atoms with Crippen LogP contribution >= 0.6 is 0 Å². The number of methoxy groups -OCH3 is 2. The summed E-state index contributed by atoms with van der Waals surface area (Å²) in [4.78, 5) is 24.7. The number of aryl methyl sites for hydroxylation is 1. The Morgan fingerprint density at radius 1 is 0.969 bits per heavy atom. The number of hydrogen-bond donors (Lipinski definition) is 1. The summed E-state index contributed by atoms with van der Waals surface area (Å²) in [5.74, 6) is -0.529. The molecule has 0 aliphatic rings. The van der Waals surface area contributed by atoms with Gasteiger partial charge in [0.05, 0.1) is 24.7 Å². The SMILES string of the molecule is CCN(CC)S(=O)(=O)c1cc(NC(=O)COC(=O)c2cc(OC)cc(OC)c2)ccc1C. The Morgan fingerprint density at radius 3 is 2.09 bits per heavy atom. The number of sulfonamides is 1. The molecular weight excluding hydrogens is 436 g/mol. The minimum atomic E-state index is -3.69. The van der Waals surface area contributed by atoms with Crippen LogP contribution in [0.4, 0.5) is 5.69 Å². The van der Waals surface area contributed by atoms with Crippen LogP contribution in [0.15, 0.2) is 41.3 Å². The molecule has 0 aliphatic heterocycles. The first kappa shape index (κ1) is 25.2. The number of esters is 1. The fourth-order valence-electron chi connectivity index (χ4n) is 3.00. The predicted octanol–water partition coefficient (Wildman–Crippen LogP) is 2.84. The van der Waals surface area contributed by atoms with E-state index in [-0.39, 0.29) is 16.1 Å². The lowest BCUT2D eigenvalue weighted by Gasteiger charge is -2.20. The van der Waals surface area contributed by atoms with Gasteiger partial charge in [-0.05, 0) is 36.8 Å². The zero-order valence-corrected chi connectivity index (χ0v) is 19.6. The topological polar surface area (TPSA) is 111 Å². The number of nitrogens with one attached hydrogen (secondary N) is 1. The highest BCUT2D eigenvalue weighted by molar-refractivity contribution is 7.89. The largest absolute Gasteiger partial charge is 0.497 e. The summed E-state index contributed by atoms with van der Waals surface area (Å²) < 4.78 is 42.3. The number of ether oxygens (including phenoxy) is 3. The van der Waals surface area contributed by atoms with Gasteiger partial charge in [0.25, 0.3) is 5.91 Å². The minimum absolute atomic E-state index is 0.111. The van der Waals surface area contributed by atoms with Crippen LogP contribution in [0, 0.1) is 6.92 Å². The molecule has 0 atom stereocenters. The molecule has 1 N–H and O–H groups in total. The van der Waals surface area contributed by atoms with Gasteiger partial charge in [-0.3, -0.25) is 4.79 Å². The van der Waals surface area contributed by atoms with E-state index in [0.717, 1.165) is 0 Å². The summed E-state index contributed by atoms with van der Waals surface area (Å²) in [6, 6.07) is 9.13. The lowest BCUT2D eigenvalue weighted by molar-refractivity contribution is -0.119. The predicted molar refractivity (Wildman–Crippen MR) is 120 cm³/mol. The van der Waals surface area contributed by atoms with Crippen LogP contribution in [-0.2, 0) is 19.6 Å². The van der Waals surface area contributed by atoms with Crippen molar-refractivity contribution in [3.05, 3.63) is 47.5 Å². The normalized spacial score (nSPS) is 11.2. The molecule has 174 valence electrons. The number of carbonyl (C=O) groups is 2. The zero-order valence-electron chi connectivity index (χ0n) is 18.8. The molecule has 2 aromatic rings. The lowest BCUT2D eigenvalue weighted by atomic mass is 10.2. The first-order valence-corrected chi connectivity index (χ1v) is 11.4. The maximum Gasteiger partial charge on any atom is 0.338 e. The molecule has 10 heteroatoms. The summed E-state index contributed by atoms with van der Waals surface area (Å²) in [5, 5.41) is 2.56. The molecule has 1 amide bonds. The number of nitrogens with zero attached hydrogens (tertiary/aromatic N) is 1. The van der Waals surface area contributed by atoms with E-state index >= 15 is 0 Å². The van der Waals surface area contributed by atoms with Crippen LogP contribution in [0.5, 0.6) is 11.5 Å². The van der Waals surface area contributed by atoms with Crippen molar-refractivity contribution in [2.75, 3.05) is 39.2 Å². The van der Waals surface area contributed by atoms with E-state index in [1.807, 2.05) is 0 Å². The van der Waals surface area contributed by atoms with Crippen LogP contribution < -0.4 is 14.8 Å². The second-order valence-electron chi connectivity index (χ2n) is 6.80. The smallest absolute Gasteiger partial charge is 0.338 e. The number of rotatable bonds is 10. The van der Waals surface area contributed by atoms with Crippen LogP contribution in [0.1, 0.15) is 29.8 Å². The van der Waals surface area contributed by atoms with Crippen molar-refractivity contribution in [3.8, 4) is 11.5 Å². The Bertz CT molecular complexity index is 1060. The minimum Gasteiger partial charge on any atom is -0.497 e. The molecule has 0 unspecified atom stereocenters. The van der Waals surface area contributed by atoms with Crippen LogP contribution in [0.2, 0.25) is 0 Å². The van der Waals surface area contributed by atoms with E-state index in [9.17, 15) is 18.0 Å². The van der Waals surface area contributed by atoms with E-state index in [0.29, 0.717) is 30.2 Å². The van der Waals surface area contributed by atoms with Gasteiger partial charge in [0.1, 0.15) is 11.5 Å². The van der Waals surface area contributed by atoms with Gasteiger partial charge >= 0.3 is 5.97 Å². The second kappa shape index (κ2) is 11.0. The van der Waals surface area contributed by atoms with Crippen molar-refractivity contribution in [1.82, 2.24) is 4.31 Å². The molecule has 0 bridgehead atoms. The molecule has 0 fully saturated rings. The van der Waals surface area contributed by atoms with Gasteiger partial charge in [-0.25, -0.2) is 13.2 Å². The van der Waals surface area contributed by atoms with Crippen LogP contribution in [0.3, 0.4) is 0 Å². The van der Waals surface area contributed by atoms with Crippen LogP contribution in [0.25, 0.3) is 0 Å². The van der Waals surface area contributed by atoms with Gasteiger partial charge in [-0.15, -0.1) is 0 Å². The average molecular weight is 465 g/mol. The molecule has 0 saturated heterocycles. The molecule has 0 radical (unpaired) electrons. The van der Waals surface area contributed by atoms with Crippen molar-refractivity contribution in [2.45, 2.75) is 25.7 Å². The second-order valence-corrected chi connectivity index (χ2v) is 8.70. The third-order valence-corrected chi connectivity index (χ3v) is 6.91. The summed E-state index contributed by atoms with van der Waals surface area (Å²) >= 11 is 0. The highest BCUT2D eigenvalue weighted by atomic mass is 32.2. The Balaban J connectivity index is 2.10. The molecule has 2 rings (SSSR count). The molecule has 32 heavy (non-hydrogen) atoms. The number of anilines is 1. The Hall–Kier alpha value is -3.11. The van der Waals surface area contributed by atoms with Gasteiger partial charge < -0.3 is 19.5 Å². The third-order valence-electron chi connectivity index (χ3n) is 4.72. The van der Waals surface area contributed by atoms with Crippen LogP contribution in [-0.4, -0.2) is 58.5 Å². The van der Waals surface area contributed by atoms with Gasteiger partial charge in [-0.2, -0.15) is 4.31 Å². The zero-order chi connectivity index (χ0) is 23.9. The van der Waals surface area contributed by atoms with Crippen molar-refractivity contribution >= 4 is 27.6 Å². The summed E-state index contributed by atoms with van der Waals surface area (Å²) in [6.07, 6.45) is 0. The maximum absolute atomic E-state index is 12.9. The number of amides is 1. The number of hydrogen-bond acceptors (Lipinski definition) is 7. The standard InChI is InChI=1S/C22H28N2O7S/c1-6-24(7-2)32(27,28)20-12-17(9-8-15(20)3)23-21(25)14-31-22(26)16-10-18(29-4)13-19(11-16)30-5/h8-13H,6-7,14H2,1-5H3,(H,23,25). The molecule has 0 saturated carbocycles. The fraction of sp³-hybridized carbons (Fsp3) is 0.364. The van der Waals surface area contributed by atoms with Gasteiger partial charge in [0, 0.05) is 24.8 Å². The fourth-order valence-corrected chi connectivity index (χ4v) is 4.70. The average Bonchev–Trinajstić information content (AvgIpc) is 2.78. The van der Waals surface area contributed by atoms with E-state index in [1.165, 1.54) is 36.7 Å². The molecule has 2 aromatic carbocycles. The van der Waals surface area contributed by atoms with E-state index in [4.69, 9.17) is 14.2 Å². The first-order valence-electron chi connectivity index (χ1n) is 9.97. The highest BCUT2D eigenvalue weighted by Gasteiger charge is 2.24. The van der Waals surface area contributed by atoms with Crippen molar-refractivity contribution in [1.29, 1.82) is 0 Å². The van der Waals surface area contributed by atoms with Gasteiger partial charge in [-0.1, -0.05) is 19.9 Å². The molecular formula is C22H28N2O7S. The monoisotopic (exact) mass is 464 g/mol.